The first-order valence-corrected chi connectivity index (χ1v) is 5.56. The molecule has 0 aliphatic carbocycles. The maximum absolute atomic E-state index is 5.68. The lowest BCUT2D eigenvalue weighted by Gasteiger charge is -2.22. The molecule has 0 amide bonds. The first kappa shape index (κ1) is 11.4. The Balaban J connectivity index is 2.84. The van der Waals surface area contributed by atoms with E-state index >= 15 is 0 Å². The van der Waals surface area contributed by atoms with E-state index in [4.69, 9.17) is 5.73 Å². The molecule has 0 fully saturated rings. The SMILES string of the molecule is CC(C)CN(C)c1ccc(N)cc1Br. The van der Waals surface area contributed by atoms with Crippen molar-refractivity contribution in [2.24, 2.45) is 5.92 Å². The minimum Gasteiger partial charge on any atom is -0.399 e. The monoisotopic (exact) mass is 256 g/mol. The van der Waals surface area contributed by atoms with E-state index in [0.717, 1.165) is 16.7 Å². The third-order valence-corrected chi connectivity index (χ3v) is 2.66. The minimum atomic E-state index is 0.657. The molecule has 2 N–H and O–H groups in total. The van der Waals surface area contributed by atoms with Crippen LogP contribution in [0.4, 0.5) is 11.4 Å². The average Bonchev–Trinajstić information content (AvgIpc) is 2.01. The normalized spacial score (nSPS) is 10.6. The van der Waals surface area contributed by atoms with Crippen molar-refractivity contribution in [2.75, 3.05) is 24.2 Å². The molecule has 14 heavy (non-hydrogen) atoms. The summed E-state index contributed by atoms with van der Waals surface area (Å²) < 4.78 is 1.06. The summed E-state index contributed by atoms with van der Waals surface area (Å²) >= 11 is 3.52. The zero-order valence-electron chi connectivity index (χ0n) is 8.92. The van der Waals surface area contributed by atoms with Gasteiger partial charge in [0.25, 0.3) is 0 Å². The summed E-state index contributed by atoms with van der Waals surface area (Å²) in [7, 11) is 2.09. The van der Waals surface area contributed by atoms with Gasteiger partial charge >= 0.3 is 0 Å². The fourth-order valence-electron chi connectivity index (χ4n) is 1.48. The van der Waals surface area contributed by atoms with E-state index in [1.807, 2.05) is 18.2 Å². The van der Waals surface area contributed by atoms with Gasteiger partial charge in [0.05, 0.1) is 5.69 Å². The van der Waals surface area contributed by atoms with Gasteiger partial charge < -0.3 is 10.6 Å². The molecular weight excluding hydrogens is 240 g/mol. The van der Waals surface area contributed by atoms with E-state index in [0.29, 0.717) is 5.92 Å². The van der Waals surface area contributed by atoms with E-state index in [-0.39, 0.29) is 0 Å². The maximum Gasteiger partial charge on any atom is 0.0509 e. The number of hydrogen-bond acceptors (Lipinski definition) is 2. The van der Waals surface area contributed by atoms with Crippen molar-refractivity contribution in [3.8, 4) is 0 Å². The van der Waals surface area contributed by atoms with Gasteiger partial charge in [-0.1, -0.05) is 13.8 Å². The highest BCUT2D eigenvalue weighted by Gasteiger charge is 2.06. The first-order valence-electron chi connectivity index (χ1n) is 4.77. The summed E-state index contributed by atoms with van der Waals surface area (Å²) in [5.41, 5.74) is 7.66. The van der Waals surface area contributed by atoms with Crippen LogP contribution in [-0.2, 0) is 0 Å². The predicted octanol–water partition coefficient (Wildman–Crippen LogP) is 3.12. The molecule has 0 unspecified atom stereocenters. The zero-order valence-corrected chi connectivity index (χ0v) is 10.5. The molecule has 2 nitrogen and oxygen atoms in total. The van der Waals surface area contributed by atoms with Crippen molar-refractivity contribution < 1.29 is 0 Å². The van der Waals surface area contributed by atoms with Crippen LogP contribution >= 0.6 is 15.9 Å². The quantitative estimate of drug-likeness (QED) is 0.843. The van der Waals surface area contributed by atoms with Gasteiger partial charge in [-0.3, -0.25) is 0 Å². The van der Waals surface area contributed by atoms with Gasteiger partial charge in [-0.15, -0.1) is 0 Å². The second-order valence-electron chi connectivity index (χ2n) is 3.99. The number of nitrogens with two attached hydrogens (primary N) is 1. The molecule has 0 bridgehead atoms. The number of hydrogen-bond donors (Lipinski definition) is 1. The van der Waals surface area contributed by atoms with Gasteiger partial charge in [-0.2, -0.15) is 0 Å². The van der Waals surface area contributed by atoms with Crippen LogP contribution in [0.5, 0.6) is 0 Å². The molecule has 0 radical (unpaired) electrons. The summed E-state index contributed by atoms with van der Waals surface area (Å²) in [6, 6.07) is 5.91. The second-order valence-corrected chi connectivity index (χ2v) is 4.84. The first-order chi connectivity index (χ1) is 6.50. The van der Waals surface area contributed by atoms with Crippen LogP contribution < -0.4 is 10.6 Å². The topological polar surface area (TPSA) is 29.3 Å². The van der Waals surface area contributed by atoms with Gasteiger partial charge in [-0.05, 0) is 40.0 Å². The molecule has 1 aromatic rings. The van der Waals surface area contributed by atoms with Gasteiger partial charge in [0.2, 0.25) is 0 Å². The van der Waals surface area contributed by atoms with Gasteiger partial charge in [0.15, 0.2) is 0 Å². The molecule has 0 heterocycles. The Labute approximate surface area is 94.2 Å². The Morgan fingerprint density at radius 1 is 1.43 bits per heavy atom. The Morgan fingerprint density at radius 3 is 2.57 bits per heavy atom. The summed E-state index contributed by atoms with van der Waals surface area (Å²) in [6.07, 6.45) is 0. The standard InChI is InChI=1S/C11H17BrN2/c1-8(2)7-14(3)11-5-4-9(13)6-10(11)12/h4-6,8H,7,13H2,1-3H3. The molecule has 1 rings (SSSR count). The Hall–Kier alpha value is -0.700. The lowest BCUT2D eigenvalue weighted by Crippen LogP contribution is -2.22. The van der Waals surface area contributed by atoms with Gasteiger partial charge in [0.1, 0.15) is 0 Å². The third kappa shape index (κ3) is 2.91. The van der Waals surface area contributed by atoms with Crippen LogP contribution in [-0.4, -0.2) is 13.6 Å². The van der Waals surface area contributed by atoms with Crippen molar-refractivity contribution in [2.45, 2.75) is 13.8 Å². The van der Waals surface area contributed by atoms with E-state index in [1.54, 1.807) is 0 Å². The predicted molar refractivity (Wildman–Crippen MR) is 66.7 cm³/mol. The minimum absolute atomic E-state index is 0.657. The molecule has 0 atom stereocenters. The highest BCUT2D eigenvalue weighted by molar-refractivity contribution is 9.10. The Bertz CT molecular complexity index is 310. The highest BCUT2D eigenvalue weighted by atomic mass is 79.9. The van der Waals surface area contributed by atoms with E-state index in [2.05, 4.69) is 41.7 Å². The zero-order chi connectivity index (χ0) is 10.7. The van der Waals surface area contributed by atoms with E-state index in [1.165, 1.54) is 5.69 Å². The smallest absolute Gasteiger partial charge is 0.0509 e. The Kier molecular flexibility index (Phi) is 3.81. The van der Waals surface area contributed by atoms with Crippen molar-refractivity contribution >= 4 is 27.3 Å². The molecule has 0 saturated carbocycles. The van der Waals surface area contributed by atoms with Crippen LogP contribution in [0, 0.1) is 5.92 Å². The number of rotatable bonds is 3. The lowest BCUT2D eigenvalue weighted by molar-refractivity contribution is 0.638. The number of halogens is 1. The van der Waals surface area contributed by atoms with E-state index < -0.39 is 0 Å². The summed E-state index contributed by atoms with van der Waals surface area (Å²) in [4.78, 5) is 2.23. The summed E-state index contributed by atoms with van der Waals surface area (Å²) in [5.74, 6) is 0.657. The molecule has 1 aromatic carbocycles. The molecule has 0 aliphatic heterocycles. The van der Waals surface area contributed by atoms with Gasteiger partial charge in [-0.25, -0.2) is 0 Å². The van der Waals surface area contributed by atoms with Crippen LogP contribution in [0.2, 0.25) is 0 Å². The molecule has 0 aliphatic rings. The molecule has 0 spiro atoms. The fraction of sp³-hybridized carbons (Fsp3) is 0.455. The average molecular weight is 257 g/mol. The third-order valence-electron chi connectivity index (χ3n) is 2.02. The van der Waals surface area contributed by atoms with Gasteiger partial charge in [0, 0.05) is 23.8 Å². The number of benzene rings is 1. The second kappa shape index (κ2) is 4.69. The largest absolute Gasteiger partial charge is 0.399 e. The van der Waals surface area contributed by atoms with Crippen LogP contribution in [0.25, 0.3) is 0 Å². The maximum atomic E-state index is 5.68. The molecule has 3 heteroatoms. The number of nitrogens with zero attached hydrogens (tertiary/aromatic N) is 1. The molecular formula is C11H17BrN2. The van der Waals surface area contributed by atoms with Crippen LogP contribution in [0.1, 0.15) is 13.8 Å². The Morgan fingerprint density at radius 2 is 2.07 bits per heavy atom. The van der Waals surface area contributed by atoms with Crippen molar-refractivity contribution in [3.05, 3.63) is 22.7 Å². The molecule has 0 saturated heterocycles. The van der Waals surface area contributed by atoms with E-state index in [9.17, 15) is 0 Å². The van der Waals surface area contributed by atoms with Crippen LogP contribution in [0.15, 0.2) is 22.7 Å². The van der Waals surface area contributed by atoms with Crippen molar-refractivity contribution in [1.29, 1.82) is 0 Å². The van der Waals surface area contributed by atoms with Crippen molar-refractivity contribution in [1.82, 2.24) is 0 Å². The van der Waals surface area contributed by atoms with Crippen molar-refractivity contribution in [3.63, 3.8) is 0 Å². The lowest BCUT2D eigenvalue weighted by atomic mass is 10.2. The molecule has 78 valence electrons. The van der Waals surface area contributed by atoms with Crippen LogP contribution in [0.3, 0.4) is 0 Å². The fourth-order valence-corrected chi connectivity index (χ4v) is 2.18. The summed E-state index contributed by atoms with van der Waals surface area (Å²) in [6.45, 7) is 5.46. The number of anilines is 2. The highest BCUT2D eigenvalue weighted by Crippen LogP contribution is 2.27. The molecule has 0 aromatic heterocycles. The number of nitrogen functional groups attached to an aromatic ring is 1. The summed E-state index contributed by atoms with van der Waals surface area (Å²) in [5, 5.41) is 0.